The molecule has 1 saturated heterocycles. The van der Waals surface area contributed by atoms with Crippen molar-refractivity contribution in [3.8, 4) is 0 Å². The number of amides is 2. The van der Waals surface area contributed by atoms with Crippen LogP contribution in [0.25, 0.3) is 0 Å². The van der Waals surface area contributed by atoms with Gasteiger partial charge >= 0.3 is 5.97 Å². The predicted octanol–water partition coefficient (Wildman–Crippen LogP) is 2.97. The summed E-state index contributed by atoms with van der Waals surface area (Å²) in [6.45, 7) is 7.61. The van der Waals surface area contributed by atoms with Crippen molar-refractivity contribution in [1.29, 1.82) is 0 Å². The van der Waals surface area contributed by atoms with Crippen LogP contribution in [0.3, 0.4) is 0 Å². The van der Waals surface area contributed by atoms with Crippen LogP contribution < -0.4 is 0 Å². The van der Waals surface area contributed by atoms with Crippen molar-refractivity contribution < 1.29 is 19.1 Å². The van der Waals surface area contributed by atoms with E-state index < -0.39 is 0 Å². The van der Waals surface area contributed by atoms with E-state index in [4.69, 9.17) is 4.74 Å². The monoisotopic (exact) mass is 474 g/mol. The number of hydrogen-bond acceptors (Lipinski definition) is 8. The second kappa shape index (κ2) is 9.50. The van der Waals surface area contributed by atoms with Crippen LogP contribution in [0.4, 0.5) is 0 Å². The van der Waals surface area contributed by atoms with Crippen LogP contribution in [-0.4, -0.2) is 70.4 Å². The number of rotatable bonds is 5. The van der Waals surface area contributed by atoms with Crippen molar-refractivity contribution in [2.75, 3.05) is 32.8 Å². The van der Waals surface area contributed by atoms with Gasteiger partial charge in [0, 0.05) is 38.8 Å². The minimum atomic E-state index is -0.382. The lowest BCUT2D eigenvalue weighted by Gasteiger charge is -2.37. The number of amidine groups is 1. The van der Waals surface area contributed by atoms with E-state index in [-0.39, 0.29) is 36.9 Å². The van der Waals surface area contributed by atoms with Crippen LogP contribution in [0.5, 0.6) is 0 Å². The van der Waals surface area contributed by atoms with Gasteiger partial charge in [-0.25, -0.2) is 9.79 Å². The summed E-state index contributed by atoms with van der Waals surface area (Å²) in [5.74, 6) is -0.338. The molecule has 1 aromatic heterocycles. The predicted molar refractivity (Wildman–Crippen MR) is 125 cm³/mol. The van der Waals surface area contributed by atoms with Gasteiger partial charge in [0.05, 0.1) is 30.3 Å². The average Bonchev–Trinajstić information content (AvgIpc) is 3.43. The van der Waals surface area contributed by atoms with E-state index in [2.05, 4.69) is 4.99 Å². The molecule has 4 rings (SSSR count). The molecule has 0 aliphatic carbocycles. The highest BCUT2D eigenvalue weighted by Gasteiger charge is 2.41. The summed E-state index contributed by atoms with van der Waals surface area (Å²) in [7, 11) is 0. The number of hydrogen-bond donors (Lipinski definition) is 0. The second-order valence-electron chi connectivity index (χ2n) is 7.73. The number of thioether (sulfide) groups is 1. The maximum atomic E-state index is 13.1. The number of carbonyl (C=O) groups is 3. The Morgan fingerprint density at radius 1 is 1.19 bits per heavy atom. The van der Waals surface area contributed by atoms with Crippen LogP contribution in [-0.2, 0) is 19.1 Å². The number of carbonyl (C=O) groups excluding carboxylic acids is 3. The Kier molecular flexibility index (Phi) is 6.71. The quantitative estimate of drug-likeness (QED) is 0.611. The molecule has 3 aliphatic heterocycles. The third kappa shape index (κ3) is 4.33. The first kappa shape index (κ1) is 22.6. The van der Waals surface area contributed by atoms with Crippen LogP contribution in [0.15, 0.2) is 44.2 Å². The van der Waals surface area contributed by atoms with Gasteiger partial charge in [0.15, 0.2) is 5.17 Å². The third-order valence-electron chi connectivity index (χ3n) is 5.76. The number of fused-ring (bicyclic) bond motifs is 1. The summed E-state index contributed by atoms with van der Waals surface area (Å²) in [6.07, 6.45) is 0.210. The zero-order valence-electron chi connectivity index (χ0n) is 18.4. The van der Waals surface area contributed by atoms with E-state index in [1.165, 1.54) is 11.8 Å². The highest BCUT2D eigenvalue weighted by molar-refractivity contribution is 8.16. The summed E-state index contributed by atoms with van der Waals surface area (Å²) >= 11 is 3.03. The first-order valence-corrected chi connectivity index (χ1v) is 12.4. The lowest BCUT2D eigenvalue weighted by Crippen LogP contribution is -2.50. The fourth-order valence-corrected chi connectivity index (χ4v) is 5.77. The summed E-state index contributed by atoms with van der Waals surface area (Å²) in [5, 5.41) is 6.70. The Morgan fingerprint density at radius 3 is 2.53 bits per heavy atom. The molecule has 1 unspecified atom stereocenters. The molecule has 8 nitrogen and oxygen atoms in total. The van der Waals surface area contributed by atoms with Crippen molar-refractivity contribution >= 4 is 46.0 Å². The van der Waals surface area contributed by atoms with Crippen molar-refractivity contribution in [1.82, 2.24) is 14.7 Å². The molecule has 0 aromatic carbocycles. The second-order valence-corrected chi connectivity index (χ2v) is 9.35. The van der Waals surface area contributed by atoms with Crippen LogP contribution in [0.2, 0.25) is 0 Å². The molecule has 1 atom stereocenters. The minimum Gasteiger partial charge on any atom is -0.463 e. The summed E-state index contributed by atoms with van der Waals surface area (Å²) in [5.41, 5.74) is 2.93. The molecule has 2 amide bonds. The van der Waals surface area contributed by atoms with Gasteiger partial charge in [0.25, 0.3) is 0 Å². The first-order valence-electron chi connectivity index (χ1n) is 10.6. The molecule has 0 N–H and O–H groups in total. The molecule has 4 heterocycles. The molecule has 0 spiro atoms. The standard InChI is InChI=1S/C22H26N4O4S2/c1-4-30-21(29)19-14(2)23-22-26(20(19)16-5-10-31-12-16)17(13-32-22)11-18(28)25-8-6-24(7-9-25)15(3)27/h5,10,12-13,20H,4,6-9,11H2,1-3H3. The number of esters is 1. The highest BCUT2D eigenvalue weighted by atomic mass is 32.2. The molecule has 10 heteroatoms. The SMILES string of the molecule is CCOC(=O)C1=C(C)N=C2SC=C(CC(=O)N3CCN(C(C)=O)CC3)N2C1c1ccsc1. The molecule has 170 valence electrons. The maximum absolute atomic E-state index is 13.1. The zero-order valence-corrected chi connectivity index (χ0v) is 20.0. The van der Waals surface area contributed by atoms with E-state index >= 15 is 0 Å². The lowest BCUT2D eigenvalue weighted by molar-refractivity contribution is -0.139. The molecule has 32 heavy (non-hydrogen) atoms. The van der Waals surface area contributed by atoms with Crippen molar-refractivity contribution in [3.05, 3.63) is 44.8 Å². The Labute approximate surface area is 195 Å². The van der Waals surface area contributed by atoms with E-state index in [9.17, 15) is 14.4 Å². The van der Waals surface area contributed by atoms with E-state index in [0.717, 1.165) is 16.4 Å². The number of nitrogens with zero attached hydrogens (tertiary/aromatic N) is 4. The van der Waals surface area contributed by atoms with Crippen molar-refractivity contribution in [2.24, 2.45) is 4.99 Å². The average molecular weight is 475 g/mol. The normalized spacial score (nSPS) is 20.7. The summed E-state index contributed by atoms with van der Waals surface area (Å²) in [6, 6.07) is 1.62. The van der Waals surface area contributed by atoms with Gasteiger partial charge in [-0.15, -0.1) is 0 Å². The molecule has 0 radical (unpaired) electrons. The molecular formula is C22H26N4O4S2. The highest BCUT2D eigenvalue weighted by Crippen LogP contribution is 2.45. The maximum Gasteiger partial charge on any atom is 0.338 e. The number of ether oxygens (including phenoxy) is 1. The van der Waals surface area contributed by atoms with Crippen LogP contribution in [0, 0.1) is 0 Å². The van der Waals surface area contributed by atoms with Gasteiger partial charge in [0.2, 0.25) is 11.8 Å². The number of piperazine rings is 1. The zero-order chi connectivity index (χ0) is 22.8. The largest absolute Gasteiger partial charge is 0.463 e. The van der Waals surface area contributed by atoms with Gasteiger partial charge in [-0.2, -0.15) is 11.3 Å². The molecule has 0 saturated carbocycles. The smallest absolute Gasteiger partial charge is 0.338 e. The van der Waals surface area contributed by atoms with E-state index in [1.54, 1.807) is 35.0 Å². The number of thiophene rings is 1. The number of allylic oxidation sites excluding steroid dienone is 1. The molecule has 3 aliphatic rings. The number of aliphatic imine (C=N–C) groups is 1. The van der Waals surface area contributed by atoms with Gasteiger partial charge in [0.1, 0.15) is 0 Å². The van der Waals surface area contributed by atoms with Gasteiger partial charge in [-0.3, -0.25) is 9.59 Å². The van der Waals surface area contributed by atoms with E-state index in [0.29, 0.717) is 37.4 Å². The first-order chi connectivity index (χ1) is 15.4. The summed E-state index contributed by atoms with van der Waals surface area (Å²) < 4.78 is 5.35. The van der Waals surface area contributed by atoms with Crippen LogP contribution >= 0.6 is 23.1 Å². The van der Waals surface area contributed by atoms with Gasteiger partial charge in [-0.1, -0.05) is 11.8 Å². The summed E-state index contributed by atoms with van der Waals surface area (Å²) in [4.78, 5) is 47.7. The Balaban J connectivity index is 1.56. The fourth-order valence-electron chi connectivity index (χ4n) is 4.12. The molecule has 0 bridgehead atoms. The molecule has 1 aromatic rings. The van der Waals surface area contributed by atoms with Crippen molar-refractivity contribution in [3.63, 3.8) is 0 Å². The molecular weight excluding hydrogens is 448 g/mol. The third-order valence-corrected chi connectivity index (χ3v) is 7.36. The van der Waals surface area contributed by atoms with Crippen LogP contribution in [0.1, 0.15) is 38.8 Å². The Bertz CT molecular complexity index is 1010. The topological polar surface area (TPSA) is 82.5 Å². The fraction of sp³-hybridized carbons (Fsp3) is 0.455. The lowest BCUT2D eigenvalue weighted by atomic mass is 9.96. The van der Waals surface area contributed by atoms with Gasteiger partial charge in [-0.05, 0) is 41.6 Å². The van der Waals surface area contributed by atoms with Crippen molar-refractivity contribution in [2.45, 2.75) is 33.2 Å². The Morgan fingerprint density at radius 2 is 1.91 bits per heavy atom. The molecule has 1 fully saturated rings. The van der Waals surface area contributed by atoms with Gasteiger partial charge < -0.3 is 19.4 Å². The Hall–Kier alpha value is -2.59. The minimum absolute atomic E-state index is 0.00864. The van der Waals surface area contributed by atoms with E-state index in [1.807, 2.05) is 34.1 Å².